The van der Waals surface area contributed by atoms with Crippen molar-refractivity contribution in [1.29, 1.82) is 0 Å². The smallest absolute Gasteiger partial charge is 0.241 e. The van der Waals surface area contributed by atoms with Crippen LogP contribution >= 0.6 is 11.6 Å². The van der Waals surface area contributed by atoms with E-state index in [-0.39, 0.29) is 23.4 Å². The van der Waals surface area contributed by atoms with Gasteiger partial charge in [0.15, 0.2) is 0 Å². The van der Waals surface area contributed by atoms with Gasteiger partial charge >= 0.3 is 0 Å². The number of hydrogen-bond acceptors (Lipinski definition) is 4. The number of carbonyl (C=O) groups excluding carboxylic acids is 1. The van der Waals surface area contributed by atoms with Gasteiger partial charge in [0, 0.05) is 6.54 Å². The van der Waals surface area contributed by atoms with Gasteiger partial charge in [-0.1, -0.05) is 23.7 Å². The molecule has 0 heterocycles. The topological polar surface area (TPSA) is 75.7 Å². The maximum Gasteiger partial charge on any atom is 0.241 e. The number of anilines is 1. The van der Waals surface area contributed by atoms with Crippen molar-refractivity contribution in [1.82, 2.24) is 5.32 Å². The normalized spacial score (nSPS) is 11.4. The number of benzene rings is 2. The van der Waals surface area contributed by atoms with Crippen LogP contribution in [0.3, 0.4) is 0 Å². The van der Waals surface area contributed by atoms with Gasteiger partial charge in [0.2, 0.25) is 15.9 Å². The average Bonchev–Trinajstić information content (AvgIpc) is 2.60. The summed E-state index contributed by atoms with van der Waals surface area (Å²) in [7, 11) is -3.77. The molecule has 0 aliphatic heterocycles. The molecule has 0 atom stereocenters. The van der Waals surface area contributed by atoms with Crippen LogP contribution in [0.4, 0.5) is 10.1 Å². The van der Waals surface area contributed by atoms with E-state index in [0.717, 1.165) is 27.9 Å². The Morgan fingerprint density at radius 1 is 1.21 bits per heavy atom. The fraction of sp³-hybridized carbons (Fsp3) is 0.316. The summed E-state index contributed by atoms with van der Waals surface area (Å²) in [4.78, 5) is 12.3. The second-order valence-electron chi connectivity index (χ2n) is 6.46. The van der Waals surface area contributed by atoms with Crippen LogP contribution in [-0.2, 0) is 21.4 Å². The number of amides is 1. The van der Waals surface area contributed by atoms with E-state index >= 15 is 0 Å². The Bertz CT molecular complexity index is 933. The van der Waals surface area contributed by atoms with E-state index < -0.39 is 28.3 Å². The van der Waals surface area contributed by atoms with E-state index in [1.54, 1.807) is 12.1 Å². The van der Waals surface area contributed by atoms with Crippen molar-refractivity contribution in [2.24, 2.45) is 0 Å². The van der Waals surface area contributed by atoms with Crippen molar-refractivity contribution in [2.45, 2.75) is 26.5 Å². The van der Waals surface area contributed by atoms with Crippen LogP contribution in [0, 0.1) is 5.82 Å². The van der Waals surface area contributed by atoms with Gasteiger partial charge in [0.1, 0.15) is 18.1 Å². The lowest BCUT2D eigenvalue weighted by atomic mass is 10.2. The lowest BCUT2D eigenvalue weighted by molar-refractivity contribution is -0.119. The SMILES string of the molecule is CC(C)Oc1ccc(CNC(=O)CN(c2ccc(F)c(Cl)c2)S(C)(=O)=O)cc1. The van der Waals surface area contributed by atoms with Gasteiger partial charge in [-0.2, -0.15) is 0 Å². The fourth-order valence-electron chi connectivity index (χ4n) is 2.39. The van der Waals surface area contributed by atoms with Crippen molar-refractivity contribution in [3.8, 4) is 5.75 Å². The number of halogens is 2. The molecule has 0 aliphatic carbocycles. The number of sulfonamides is 1. The molecule has 0 saturated heterocycles. The van der Waals surface area contributed by atoms with E-state index in [1.807, 2.05) is 26.0 Å². The third-order valence-electron chi connectivity index (χ3n) is 3.66. The van der Waals surface area contributed by atoms with E-state index in [9.17, 15) is 17.6 Å². The first kappa shape index (κ1) is 22.0. The van der Waals surface area contributed by atoms with E-state index in [1.165, 1.54) is 12.1 Å². The van der Waals surface area contributed by atoms with Crippen LogP contribution in [0.5, 0.6) is 5.75 Å². The summed E-state index contributed by atoms with van der Waals surface area (Å²) >= 11 is 5.72. The number of ether oxygens (including phenoxy) is 1. The van der Waals surface area contributed by atoms with Crippen LogP contribution in [0.15, 0.2) is 42.5 Å². The Balaban J connectivity index is 2.03. The highest BCUT2D eigenvalue weighted by Gasteiger charge is 2.21. The van der Waals surface area contributed by atoms with E-state index in [4.69, 9.17) is 16.3 Å². The first-order valence-corrected chi connectivity index (χ1v) is 10.7. The van der Waals surface area contributed by atoms with Crippen LogP contribution in [0.1, 0.15) is 19.4 Å². The highest BCUT2D eigenvalue weighted by Crippen LogP contribution is 2.24. The monoisotopic (exact) mass is 428 g/mol. The Morgan fingerprint density at radius 3 is 2.39 bits per heavy atom. The number of rotatable bonds is 8. The molecule has 1 amide bonds. The number of nitrogens with zero attached hydrogens (tertiary/aromatic N) is 1. The molecule has 0 saturated carbocycles. The average molecular weight is 429 g/mol. The minimum Gasteiger partial charge on any atom is -0.491 e. The Hall–Kier alpha value is -2.32. The number of carbonyl (C=O) groups is 1. The summed E-state index contributed by atoms with van der Waals surface area (Å²) in [6.45, 7) is 3.63. The van der Waals surface area contributed by atoms with Gasteiger partial charge in [-0.3, -0.25) is 9.10 Å². The quantitative estimate of drug-likeness (QED) is 0.699. The molecule has 0 bridgehead atoms. The highest BCUT2D eigenvalue weighted by atomic mass is 35.5. The summed E-state index contributed by atoms with van der Waals surface area (Å²) in [6, 6.07) is 10.7. The van der Waals surface area contributed by atoms with Crippen LogP contribution in [0.2, 0.25) is 5.02 Å². The molecule has 28 heavy (non-hydrogen) atoms. The predicted octanol–water partition coefficient (Wildman–Crippen LogP) is 3.35. The lowest BCUT2D eigenvalue weighted by Crippen LogP contribution is -2.40. The van der Waals surface area contributed by atoms with Crippen molar-refractivity contribution in [3.05, 3.63) is 58.9 Å². The maximum atomic E-state index is 13.3. The molecule has 0 unspecified atom stereocenters. The molecule has 152 valence electrons. The molecular weight excluding hydrogens is 407 g/mol. The summed E-state index contributed by atoms with van der Waals surface area (Å²) in [5.41, 5.74) is 0.944. The third kappa shape index (κ3) is 6.38. The molecule has 2 aromatic rings. The van der Waals surface area contributed by atoms with Gasteiger partial charge < -0.3 is 10.1 Å². The molecule has 1 N–H and O–H groups in total. The maximum absolute atomic E-state index is 13.3. The standard InChI is InChI=1S/C19H22ClFN2O4S/c1-13(2)27-16-7-4-14(5-8-16)11-22-19(24)12-23(28(3,25)26)15-6-9-18(21)17(20)10-15/h4-10,13H,11-12H2,1-3H3,(H,22,24). The van der Waals surface area contributed by atoms with Crippen LogP contribution in [0.25, 0.3) is 0 Å². The van der Waals surface area contributed by atoms with Gasteiger partial charge in [-0.15, -0.1) is 0 Å². The summed E-state index contributed by atoms with van der Waals surface area (Å²) in [5.74, 6) is -0.455. The van der Waals surface area contributed by atoms with Crippen LogP contribution in [-0.4, -0.2) is 33.2 Å². The first-order chi connectivity index (χ1) is 13.1. The molecular formula is C19H22ClFN2O4S. The molecule has 2 rings (SSSR count). The summed E-state index contributed by atoms with van der Waals surface area (Å²) in [6.07, 6.45) is 1.03. The zero-order valence-electron chi connectivity index (χ0n) is 15.8. The molecule has 0 fully saturated rings. The minimum atomic E-state index is -3.77. The van der Waals surface area contributed by atoms with Crippen molar-refractivity contribution < 1.29 is 22.3 Å². The number of hydrogen-bond donors (Lipinski definition) is 1. The second kappa shape index (κ2) is 9.25. The zero-order chi connectivity index (χ0) is 20.9. The summed E-state index contributed by atoms with van der Waals surface area (Å²) < 4.78 is 43.9. The predicted molar refractivity (Wildman–Crippen MR) is 108 cm³/mol. The molecule has 0 aromatic heterocycles. The molecule has 2 aromatic carbocycles. The van der Waals surface area contributed by atoms with Crippen LogP contribution < -0.4 is 14.4 Å². The van der Waals surface area contributed by atoms with Crippen molar-refractivity contribution in [2.75, 3.05) is 17.1 Å². The van der Waals surface area contributed by atoms with Crippen molar-refractivity contribution in [3.63, 3.8) is 0 Å². The largest absolute Gasteiger partial charge is 0.491 e. The lowest BCUT2D eigenvalue weighted by Gasteiger charge is -2.22. The molecule has 0 radical (unpaired) electrons. The van der Waals surface area contributed by atoms with Gasteiger partial charge in [0.05, 0.1) is 23.1 Å². The molecule has 0 aliphatic rings. The Morgan fingerprint density at radius 2 is 1.86 bits per heavy atom. The Labute approximate surface area is 169 Å². The molecule has 0 spiro atoms. The third-order valence-corrected chi connectivity index (χ3v) is 5.09. The van der Waals surface area contributed by atoms with Gasteiger partial charge in [-0.25, -0.2) is 12.8 Å². The number of nitrogens with one attached hydrogen (secondary N) is 1. The van der Waals surface area contributed by atoms with E-state index in [0.29, 0.717) is 0 Å². The Kier molecular flexibility index (Phi) is 7.26. The fourth-order valence-corrected chi connectivity index (χ4v) is 3.41. The summed E-state index contributed by atoms with van der Waals surface area (Å²) in [5, 5.41) is 2.44. The van der Waals surface area contributed by atoms with Gasteiger partial charge in [-0.05, 0) is 49.7 Å². The van der Waals surface area contributed by atoms with E-state index in [2.05, 4.69) is 5.32 Å². The second-order valence-corrected chi connectivity index (χ2v) is 8.77. The van der Waals surface area contributed by atoms with Gasteiger partial charge in [0.25, 0.3) is 0 Å². The highest BCUT2D eigenvalue weighted by molar-refractivity contribution is 7.92. The minimum absolute atomic E-state index is 0.0625. The zero-order valence-corrected chi connectivity index (χ0v) is 17.3. The first-order valence-electron chi connectivity index (χ1n) is 8.51. The molecule has 6 nitrogen and oxygen atoms in total. The molecule has 9 heteroatoms. The van der Waals surface area contributed by atoms with Crippen molar-refractivity contribution >= 4 is 33.2 Å².